The number of amides is 1. The highest BCUT2D eigenvalue weighted by Gasteiger charge is 2.18. The van der Waals surface area contributed by atoms with Crippen molar-refractivity contribution in [3.05, 3.63) is 93.9 Å². The van der Waals surface area contributed by atoms with E-state index in [9.17, 15) is 9.18 Å². The molecule has 4 rings (SSSR count). The summed E-state index contributed by atoms with van der Waals surface area (Å²) in [4.78, 5) is 12.2. The average molecular weight is 477 g/mol. The van der Waals surface area contributed by atoms with Crippen LogP contribution < -0.4 is 5.32 Å². The highest BCUT2D eigenvalue weighted by molar-refractivity contribution is 7.98. The molecule has 2 aromatic carbocycles. The molecule has 0 radical (unpaired) electrons. The van der Waals surface area contributed by atoms with Crippen LogP contribution >= 0.6 is 35.0 Å². The summed E-state index contributed by atoms with van der Waals surface area (Å²) in [6, 6.07) is 14.5. The fourth-order valence-electron chi connectivity index (χ4n) is 2.80. The molecule has 0 aliphatic rings. The van der Waals surface area contributed by atoms with Crippen molar-refractivity contribution in [3.8, 4) is 5.69 Å². The van der Waals surface area contributed by atoms with Crippen LogP contribution in [0.1, 0.15) is 21.9 Å². The highest BCUT2D eigenvalue weighted by atomic mass is 35.5. The molecule has 6 nitrogen and oxygen atoms in total. The van der Waals surface area contributed by atoms with Crippen molar-refractivity contribution in [1.29, 1.82) is 0 Å². The van der Waals surface area contributed by atoms with Gasteiger partial charge in [0.2, 0.25) is 0 Å². The molecule has 0 aliphatic heterocycles. The summed E-state index contributed by atoms with van der Waals surface area (Å²) in [7, 11) is 0. The van der Waals surface area contributed by atoms with Crippen LogP contribution in [0, 0.1) is 5.82 Å². The number of halogens is 3. The molecule has 0 fully saturated rings. The van der Waals surface area contributed by atoms with E-state index in [0.29, 0.717) is 32.5 Å². The molecule has 0 saturated carbocycles. The van der Waals surface area contributed by atoms with Crippen molar-refractivity contribution in [2.75, 3.05) is 0 Å². The Morgan fingerprint density at radius 3 is 2.65 bits per heavy atom. The Morgan fingerprint density at radius 2 is 1.94 bits per heavy atom. The van der Waals surface area contributed by atoms with E-state index in [0.717, 1.165) is 5.56 Å². The number of thioether (sulfide) groups is 1. The van der Waals surface area contributed by atoms with Gasteiger partial charge in [-0.05, 0) is 48.0 Å². The summed E-state index contributed by atoms with van der Waals surface area (Å²) >= 11 is 13.9. The largest absolute Gasteiger partial charge is 0.459 e. The molecule has 0 atom stereocenters. The number of hydrogen-bond acceptors (Lipinski definition) is 5. The molecule has 0 spiro atoms. The van der Waals surface area contributed by atoms with Gasteiger partial charge in [-0.2, -0.15) is 0 Å². The van der Waals surface area contributed by atoms with E-state index in [4.69, 9.17) is 27.6 Å². The van der Waals surface area contributed by atoms with Gasteiger partial charge in [0.15, 0.2) is 16.7 Å². The fraction of sp³-hybridized carbons (Fsp3) is 0.0952. The van der Waals surface area contributed by atoms with Crippen LogP contribution in [0.3, 0.4) is 0 Å². The number of benzene rings is 2. The summed E-state index contributed by atoms with van der Waals surface area (Å²) in [5.74, 6) is 0.552. The third kappa shape index (κ3) is 5.10. The zero-order valence-electron chi connectivity index (χ0n) is 15.9. The Hall–Kier alpha value is -2.81. The lowest BCUT2D eigenvalue weighted by Gasteiger charge is -2.12. The van der Waals surface area contributed by atoms with Crippen LogP contribution in [-0.4, -0.2) is 20.7 Å². The number of hydrogen-bond donors (Lipinski definition) is 1. The smallest absolute Gasteiger partial charge is 0.287 e. The topological polar surface area (TPSA) is 73.0 Å². The van der Waals surface area contributed by atoms with Crippen LogP contribution in [0.25, 0.3) is 5.69 Å². The minimum atomic E-state index is -0.373. The monoisotopic (exact) mass is 476 g/mol. The molecule has 31 heavy (non-hydrogen) atoms. The van der Waals surface area contributed by atoms with Crippen LogP contribution in [0.15, 0.2) is 70.4 Å². The van der Waals surface area contributed by atoms with Gasteiger partial charge in [0.1, 0.15) is 5.82 Å². The van der Waals surface area contributed by atoms with Gasteiger partial charge in [0.25, 0.3) is 5.91 Å². The third-order valence-corrected chi connectivity index (χ3v) is 5.82. The SMILES string of the molecule is O=C(NCc1nnc(SCc2ccc(F)cc2)n1-c1ccc(Cl)cc1Cl)c1ccco1. The summed E-state index contributed by atoms with van der Waals surface area (Å²) in [5.41, 5.74) is 1.55. The number of nitrogens with zero attached hydrogens (tertiary/aromatic N) is 3. The summed E-state index contributed by atoms with van der Waals surface area (Å²) < 4.78 is 20.0. The van der Waals surface area contributed by atoms with E-state index in [1.807, 2.05) is 0 Å². The van der Waals surface area contributed by atoms with Crippen molar-refractivity contribution < 1.29 is 13.6 Å². The zero-order valence-corrected chi connectivity index (χ0v) is 18.2. The first-order valence-corrected chi connectivity index (χ1v) is 10.8. The quantitative estimate of drug-likeness (QED) is 0.355. The van der Waals surface area contributed by atoms with Gasteiger partial charge < -0.3 is 9.73 Å². The third-order valence-electron chi connectivity index (χ3n) is 4.28. The second kappa shape index (κ2) is 9.55. The molecule has 0 bridgehead atoms. The first-order valence-electron chi connectivity index (χ1n) is 9.10. The van der Waals surface area contributed by atoms with Crippen molar-refractivity contribution in [2.45, 2.75) is 17.5 Å². The molecule has 2 aromatic heterocycles. The standard InChI is InChI=1S/C21H15Cl2FN4O2S/c22-14-5-8-17(16(23)10-14)28-19(11-25-20(29)18-2-1-9-30-18)26-27-21(28)31-12-13-3-6-15(24)7-4-13/h1-10H,11-12H2,(H,25,29). The first kappa shape index (κ1) is 21.4. The molecule has 158 valence electrons. The maximum Gasteiger partial charge on any atom is 0.287 e. The van der Waals surface area contributed by atoms with E-state index in [1.165, 1.54) is 30.2 Å². The van der Waals surface area contributed by atoms with E-state index >= 15 is 0 Å². The summed E-state index contributed by atoms with van der Waals surface area (Å²) in [6.45, 7) is 0.0998. The molecule has 1 amide bonds. The number of furan rings is 1. The van der Waals surface area contributed by atoms with E-state index in [-0.39, 0.29) is 24.0 Å². The predicted octanol–water partition coefficient (Wildman–Crippen LogP) is 5.53. The van der Waals surface area contributed by atoms with Crippen LogP contribution in [0.4, 0.5) is 4.39 Å². The molecule has 1 N–H and O–H groups in total. The van der Waals surface area contributed by atoms with Gasteiger partial charge in [0, 0.05) is 10.8 Å². The van der Waals surface area contributed by atoms with Gasteiger partial charge in [-0.3, -0.25) is 9.36 Å². The Kier molecular flexibility index (Phi) is 6.60. The van der Waals surface area contributed by atoms with Gasteiger partial charge in [-0.25, -0.2) is 4.39 Å². The van der Waals surface area contributed by atoms with Gasteiger partial charge in [0.05, 0.1) is 23.5 Å². The minimum absolute atomic E-state index is 0.0998. The maximum absolute atomic E-state index is 13.2. The van der Waals surface area contributed by atoms with Crippen molar-refractivity contribution in [2.24, 2.45) is 0 Å². The number of rotatable bonds is 7. The second-order valence-corrected chi connectivity index (χ2v) is 8.19. The van der Waals surface area contributed by atoms with E-state index < -0.39 is 0 Å². The van der Waals surface area contributed by atoms with Gasteiger partial charge >= 0.3 is 0 Å². The van der Waals surface area contributed by atoms with E-state index in [2.05, 4.69) is 15.5 Å². The molecular weight excluding hydrogens is 462 g/mol. The van der Waals surface area contributed by atoms with Gasteiger partial charge in [-0.1, -0.05) is 47.1 Å². The Bertz CT molecular complexity index is 1200. The highest BCUT2D eigenvalue weighted by Crippen LogP contribution is 2.30. The average Bonchev–Trinajstić information content (AvgIpc) is 3.42. The molecule has 0 aliphatic carbocycles. The zero-order chi connectivity index (χ0) is 21.8. The number of aromatic nitrogens is 3. The van der Waals surface area contributed by atoms with Gasteiger partial charge in [-0.15, -0.1) is 10.2 Å². The minimum Gasteiger partial charge on any atom is -0.459 e. The number of carbonyl (C=O) groups excluding carboxylic acids is 1. The Balaban J connectivity index is 1.61. The Labute approximate surface area is 191 Å². The molecule has 4 aromatic rings. The number of carbonyl (C=O) groups is 1. The van der Waals surface area contributed by atoms with Crippen molar-refractivity contribution in [1.82, 2.24) is 20.1 Å². The molecule has 2 heterocycles. The van der Waals surface area contributed by atoms with Crippen LogP contribution in [0.5, 0.6) is 0 Å². The predicted molar refractivity (Wildman–Crippen MR) is 117 cm³/mol. The van der Waals surface area contributed by atoms with Crippen LogP contribution in [0.2, 0.25) is 10.0 Å². The summed E-state index contributed by atoms with van der Waals surface area (Å²) in [5, 5.41) is 12.7. The normalized spacial score (nSPS) is 10.9. The van der Waals surface area contributed by atoms with Crippen molar-refractivity contribution in [3.63, 3.8) is 0 Å². The van der Waals surface area contributed by atoms with Crippen LogP contribution in [-0.2, 0) is 12.3 Å². The fourth-order valence-corrected chi connectivity index (χ4v) is 4.21. The second-order valence-electron chi connectivity index (χ2n) is 6.41. The lowest BCUT2D eigenvalue weighted by Crippen LogP contribution is -2.24. The maximum atomic E-state index is 13.2. The molecule has 0 unspecified atom stereocenters. The Morgan fingerprint density at radius 1 is 1.13 bits per heavy atom. The molecule has 10 heteroatoms. The lowest BCUT2D eigenvalue weighted by molar-refractivity contribution is 0.0922. The molecule has 0 saturated heterocycles. The van der Waals surface area contributed by atoms with Crippen molar-refractivity contribution >= 4 is 40.9 Å². The summed E-state index contributed by atoms with van der Waals surface area (Å²) in [6.07, 6.45) is 1.43. The molecular formula is C21H15Cl2FN4O2S. The van der Waals surface area contributed by atoms with E-state index in [1.54, 1.807) is 47.0 Å². The number of nitrogens with one attached hydrogen (secondary N) is 1. The lowest BCUT2D eigenvalue weighted by atomic mass is 10.2. The first-order chi connectivity index (χ1) is 15.0.